The highest BCUT2D eigenvalue weighted by Crippen LogP contribution is 2.21. The zero-order chi connectivity index (χ0) is 8.97. The van der Waals surface area contributed by atoms with E-state index >= 15 is 0 Å². The van der Waals surface area contributed by atoms with E-state index in [0.717, 1.165) is 18.9 Å². The van der Waals surface area contributed by atoms with Crippen molar-refractivity contribution >= 4 is 0 Å². The zero-order valence-corrected chi connectivity index (χ0v) is 8.21. The summed E-state index contributed by atoms with van der Waals surface area (Å²) in [6, 6.07) is 0.559. The maximum absolute atomic E-state index is 9.22. The third kappa shape index (κ3) is 3.11. The molecule has 12 heavy (non-hydrogen) atoms. The lowest BCUT2D eigenvalue weighted by atomic mass is 9.88. The van der Waals surface area contributed by atoms with Gasteiger partial charge < -0.3 is 10.4 Å². The first-order valence-corrected chi connectivity index (χ1v) is 5.13. The lowest BCUT2D eigenvalue weighted by Crippen LogP contribution is -2.39. The summed E-state index contributed by atoms with van der Waals surface area (Å²) in [6.45, 7) is 5.27. The van der Waals surface area contributed by atoms with E-state index in [-0.39, 0.29) is 6.10 Å². The summed E-state index contributed by atoms with van der Waals surface area (Å²) in [7, 11) is 0. The zero-order valence-electron chi connectivity index (χ0n) is 8.21. The highest BCUT2D eigenvalue weighted by atomic mass is 16.3. The van der Waals surface area contributed by atoms with Gasteiger partial charge in [-0.15, -0.1) is 0 Å². The van der Waals surface area contributed by atoms with E-state index in [4.69, 9.17) is 0 Å². The van der Waals surface area contributed by atoms with Crippen LogP contribution in [0.4, 0.5) is 0 Å². The standard InChI is InChI=1S/C10H21NO/c1-3-9-4-5-11-10(7-9)6-8(2)12/h8-12H,3-7H2,1-2H3. The van der Waals surface area contributed by atoms with Crippen LogP contribution in [-0.4, -0.2) is 23.8 Å². The van der Waals surface area contributed by atoms with Gasteiger partial charge in [0.2, 0.25) is 0 Å². The van der Waals surface area contributed by atoms with E-state index in [1.165, 1.54) is 19.3 Å². The molecule has 0 aromatic rings. The number of aliphatic hydroxyl groups excluding tert-OH is 1. The molecular weight excluding hydrogens is 150 g/mol. The molecule has 1 fully saturated rings. The normalized spacial score (nSPS) is 33.2. The SMILES string of the molecule is CCC1CCNC(CC(C)O)C1. The Labute approximate surface area is 75.4 Å². The summed E-state index contributed by atoms with van der Waals surface area (Å²) in [5.74, 6) is 0.884. The summed E-state index contributed by atoms with van der Waals surface area (Å²) in [6.07, 6.45) is 4.61. The molecule has 3 unspecified atom stereocenters. The molecule has 2 N–H and O–H groups in total. The van der Waals surface area contributed by atoms with Crippen molar-refractivity contribution in [3.8, 4) is 0 Å². The van der Waals surface area contributed by atoms with Gasteiger partial charge in [-0.05, 0) is 38.6 Å². The van der Waals surface area contributed by atoms with Gasteiger partial charge in [-0.1, -0.05) is 13.3 Å². The Morgan fingerprint density at radius 1 is 1.58 bits per heavy atom. The highest BCUT2D eigenvalue weighted by Gasteiger charge is 2.20. The molecule has 0 amide bonds. The molecule has 2 nitrogen and oxygen atoms in total. The Kier molecular flexibility index (Phi) is 4.02. The number of nitrogens with one attached hydrogen (secondary N) is 1. The van der Waals surface area contributed by atoms with E-state index in [0.29, 0.717) is 6.04 Å². The lowest BCUT2D eigenvalue weighted by molar-refractivity contribution is 0.150. The second kappa shape index (κ2) is 4.83. The van der Waals surface area contributed by atoms with Gasteiger partial charge in [0.1, 0.15) is 0 Å². The van der Waals surface area contributed by atoms with Crippen LogP contribution in [0.5, 0.6) is 0 Å². The average Bonchev–Trinajstić information content (AvgIpc) is 2.03. The Hall–Kier alpha value is -0.0800. The highest BCUT2D eigenvalue weighted by molar-refractivity contribution is 4.78. The summed E-state index contributed by atoms with van der Waals surface area (Å²) in [4.78, 5) is 0. The van der Waals surface area contributed by atoms with Crippen LogP contribution in [0.25, 0.3) is 0 Å². The molecule has 3 atom stereocenters. The second-order valence-corrected chi connectivity index (χ2v) is 4.03. The van der Waals surface area contributed by atoms with Crippen LogP contribution in [0.2, 0.25) is 0 Å². The third-order valence-electron chi connectivity index (χ3n) is 2.81. The van der Waals surface area contributed by atoms with Crippen LogP contribution < -0.4 is 5.32 Å². The molecular formula is C10H21NO. The third-order valence-corrected chi connectivity index (χ3v) is 2.81. The molecule has 72 valence electrons. The number of hydrogen-bond acceptors (Lipinski definition) is 2. The van der Waals surface area contributed by atoms with Crippen molar-refractivity contribution in [3.05, 3.63) is 0 Å². The van der Waals surface area contributed by atoms with Gasteiger partial charge >= 0.3 is 0 Å². The molecule has 2 heteroatoms. The summed E-state index contributed by atoms with van der Waals surface area (Å²) in [5.41, 5.74) is 0. The fraction of sp³-hybridized carbons (Fsp3) is 1.00. The predicted molar refractivity (Wildman–Crippen MR) is 51.1 cm³/mol. The molecule has 1 rings (SSSR count). The summed E-state index contributed by atoms with van der Waals surface area (Å²) in [5, 5.41) is 12.7. The second-order valence-electron chi connectivity index (χ2n) is 4.03. The molecule has 0 saturated carbocycles. The van der Waals surface area contributed by atoms with E-state index in [1.807, 2.05) is 6.92 Å². The van der Waals surface area contributed by atoms with Crippen molar-refractivity contribution in [1.29, 1.82) is 0 Å². The first-order valence-electron chi connectivity index (χ1n) is 5.13. The minimum Gasteiger partial charge on any atom is -0.393 e. The molecule has 1 aliphatic heterocycles. The van der Waals surface area contributed by atoms with Crippen LogP contribution >= 0.6 is 0 Å². The topological polar surface area (TPSA) is 32.3 Å². The van der Waals surface area contributed by atoms with Crippen LogP contribution in [-0.2, 0) is 0 Å². The quantitative estimate of drug-likeness (QED) is 0.675. The Bertz CT molecular complexity index is 125. The van der Waals surface area contributed by atoms with E-state index < -0.39 is 0 Å². The lowest BCUT2D eigenvalue weighted by Gasteiger charge is -2.30. The Morgan fingerprint density at radius 3 is 2.92 bits per heavy atom. The van der Waals surface area contributed by atoms with Crippen molar-refractivity contribution < 1.29 is 5.11 Å². The number of rotatable bonds is 3. The molecule has 0 aliphatic carbocycles. The fourth-order valence-electron chi connectivity index (χ4n) is 2.06. The van der Waals surface area contributed by atoms with Crippen molar-refractivity contribution in [2.75, 3.05) is 6.54 Å². The Balaban J connectivity index is 2.25. The van der Waals surface area contributed by atoms with E-state index in [2.05, 4.69) is 12.2 Å². The van der Waals surface area contributed by atoms with Gasteiger partial charge in [-0.25, -0.2) is 0 Å². The molecule has 0 aromatic carbocycles. The van der Waals surface area contributed by atoms with Crippen molar-refractivity contribution in [2.24, 2.45) is 5.92 Å². The smallest absolute Gasteiger partial charge is 0.0526 e. The van der Waals surface area contributed by atoms with Gasteiger partial charge in [0, 0.05) is 6.04 Å². The minimum atomic E-state index is -0.155. The fourth-order valence-corrected chi connectivity index (χ4v) is 2.06. The van der Waals surface area contributed by atoms with Crippen molar-refractivity contribution in [1.82, 2.24) is 5.32 Å². The van der Waals surface area contributed by atoms with E-state index in [9.17, 15) is 5.11 Å². The number of piperidine rings is 1. The van der Waals surface area contributed by atoms with Crippen LogP contribution in [0.1, 0.15) is 39.5 Å². The molecule has 0 radical (unpaired) electrons. The van der Waals surface area contributed by atoms with Gasteiger partial charge in [0.05, 0.1) is 6.10 Å². The van der Waals surface area contributed by atoms with Gasteiger partial charge in [0.15, 0.2) is 0 Å². The summed E-state index contributed by atoms with van der Waals surface area (Å²) >= 11 is 0. The number of aliphatic hydroxyl groups is 1. The molecule has 1 saturated heterocycles. The van der Waals surface area contributed by atoms with Crippen LogP contribution in [0, 0.1) is 5.92 Å². The van der Waals surface area contributed by atoms with Crippen molar-refractivity contribution in [2.45, 2.75) is 51.7 Å². The molecule has 0 spiro atoms. The maximum Gasteiger partial charge on any atom is 0.0526 e. The van der Waals surface area contributed by atoms with Gasteiger partial charge in [-0.2, -0.15) is 0 Å². The van der Waals surface area contributed by atoms with Gasteiger partial charge in [0.25, 0.3) is 0 Å². The maximum atomic E-state index is 9.22. The van der Waals surface area contributed by atoms with Crippen LogP contribution in [0.15, 0.2) is 0 Å². The molecule has 0 bridgehead atoms. The average molecular weight is 171 g/mol. The van der Waals surface area contributed by atoms with Gasteiger partial charge in [-0.3, -0.25) is 0 Å². The first-order chi connectivity index (χ1) is 5.72. The Morgan fingerprint density at radius 2 is 2.33 bits per heavy atom. The molecule has 1 heterocycles. The monoisotopic (exact) mass is 171 g/mol. The molecule has 1 aliphatic rings. The molecule has 0 aromatic heterocycles. The number of hydrogen-bond donors (Lipinski definition) is 2. The minimum absolute atomic E-state index is 0.155. The predicted octanol–water partition coefficient (Wildman–Crippen LogP) is 1.54. The summed E-state index contributed by atoms with van der Waals surface area (Å²) < 4.78 is 0. The first kappa shape index (κ1) is 10.0. The van der Waals surface area contributed by atoms with Crippen molar-refractivity contribution in [3.63, 3.8) is 0 Å². The van der Waals surface area contributed by atoms with Crippen LogP contribution in [0.3, 0.4) is 0 Å². The largest absolute Gasteiger partial charge is 0.393 e. The van der Waals surface area contributed by atoms with E-state index in [1.54, 1.807) is 0 Å².